The molecule has 1 nitrogen and oxygen atoms in total. The number of halogens is 2. The van der Waals surface area contributed by atoms with Crippen molar-refractivity contribution < 1.29 is 4.39 Å². The molecular weight excluding hydrogens is 281 g/mol. The molecule has 1 rings (SSSR count). The van der Waals surface area contributed by atoms with Gasteiger partial charge in [-0.15, -0.1) is 0 Å². The van der Waals surface area contributed by atoms with Crippen LogP contribution in [0.1, 0.15) is 32.3 Å². The Morgan fingerprint density at radius 1 is 1.18 bits per heavy atom. The Morgan fingerprint density at radius 3 is 2.24 bits per heavy atom. The minimum Gasteiger partial charge on any atom is -0.295 e. The second-order valence-corrected chi connectivity index (χ2v) is 5.05. The molecule has 0 heterocycles. The van der Waals surface area contributed by atoms with Gasteiger partial charge in [-0.2, -0.15) is 0 Å². The SMILES string of the molecule is CCC(CC)N(CCBr)Cc1ccc(F)cc1. The van der Waals surface area contributed by atoms with Crippen molar-refractivity contribution in [1.29, 1.82) is 0 Å². The third-order valence-electron chi connectivity index (χ3n) is 3.13. The van der Waals surface area contributed by atoms with E-state index in [1.807, 2.05) is 12.1 Å². The van der Waals surface area contributed by atoms with Gasteiger partial charge in [0.25, 0.3) is 0 Å². The minimum atomic E-state index is -0.164. The summed E-state index contributed by atoms with van der Waals surface area (Å²) in [6.45, 7) is 6.38. The smallest absolute Gasteiger partial charge is 0.123 e. The third-order valence-corrected chi connectivity index (χ3v) is 3.48. The van der Waals surface area contributed by atoms with Gasteiger partial charge >= 0.3 is 0 Å². The Morgan fingerprint density at radius 2 is 1.76 bits per heavy atom. The Labute approximate surface area is 112 Å². The molecule has 3 heteroatoms. The van der Waals surface area contributed by atoms with Gasteiger partial charge in [0.2, 0.25) is 0 Å². The molecule has 0 saturated heterocycles. The van der Waals surface area contributed by atoms with Gasteiger partial charge in [0, 0.05) is 24.5 Å². The quantitative estimate of drug-likeness (QED) is 0.682. The van der Waals surface area contributed by atoms with Crippen LogP contribution in [0.25, 0.3) is 0 Å². The van der Waals surface area contributed by atoms with Crippen LogP contribution in [-0.4, -0.2) is 22.8 Å². The van der Waals surface area contributed by atoms with E-state index >= 15 is 0 Å². The molecule has 0 saturated carbocycles. The summed E-state index contributed by atoms with van der Waals surface area (Å²) in [6, 6.07) is 7.43. The number of alkyl halides is 1. The van der Waals surface area contributed by atoms with E-state index in [4.69, 9.17) is 0 Å². The molecule has 0 aliphatic carbocycles. The first-order valence-corrected chi connectivity index (χ1v) is 7.37. The lowest BCUT2D eigenvalue weighted by Crippen LogP contribution is -2.35. The standard InChI is InChI=1S/C14H21BrFN/c1-3-14(4-2)17(10-9-15)11-12-5-7-13(16)8-6-12/h5-8,14H,3-4,9-11H2,1-2H3. The fraction of sp³-hybridized carbons (Fsp3) is 0.571. The zero-order valence-corrected chi connectivity index (χ0v) is 12.2. The Bertz CT molecular complexity index is 309. The molecule has 0 bridgehead atoms. The third kappa shape index (κ3) is 4.76. The topological polar surface area (TPSA) is 3.24 Å². The van der Waals surface area contributed by atoms with E-state index < -0.39 is 0 Å². The second-order valence-electron chi connectivity index (χ2n) is 4.26. The molecule has 1 aromatic carbocycles. The number of benzene rings is 1. The summed E-state index contributed by atoms with van der Waals surface area (Å²) in [7, 11) is 0. The lowest BCUT2D eigenvalue weighted by Gasteiger charge is -2.29. The highest BCUT2D eigenvalue weighted by molar-refractivity contribution is 9.09. The number of hydrogen-bond donors (Lipinski definition) is 0. The summed E-state index contributed by atoms with van der Waals surface area (Å²) in [6.07, 6.45) is 2.31. The van der Waals surface area contributed by atoms with Crippen molar-refractivity contribution in [2.24, 2.45) is 0 Å². The highest BCUT2D eigenvalue weighted by Crippen LogP contribution is 2.14. The van der Waals surface area contributed by atoms with Gasteiger partial charge in [-0.25, -0.2) is 4.39 Å². The molecule has 96 valence electrons. The Hall–Kier alpha value is -0.410. The van der Waals surface area contributed by atoms with E-state index in [-0.39, 0.29) is 5.82 Å². The molecule has 0 unspecified atom stereocenters. The summed E-state index contributed by atoms with van der Waals surface area (Å²) < 4.78 is 12.8. The van der Waals surface area contributed by atoms with Crippen LogP contribution in [0.4, 0.5) is 4.39 Å². The maximum atomic E-state index is 12.8. The second kappa shape index (κ2) is 7.83. The number of nitrogens with zero attached hydrogens (tertiary/aromatic N) is 1. The Kier molecular flexibility index (Phi) is 6.75. The first-order chi connectivity index (χ1) is 8.21. The average Bonchev–Trinajstić information content (AvgIpc) is 2.34. The first-order valence-electron chi connectivity index (χ1n) is 6.25. The van der Waals surface area contributed by atoms with Gasteiger partial charge < -0.3 is 0 Å². The molecule has 17 heavy (non-hydrogen) atoms. The van der Waals surface area contributed by atoms with Crippen molar-refractivity contribution in [2.45, 2.75) is 39.3 Å². The molecule has 0 aliphatic rings. The van der Waals surface area contributed by atoms with Crippen molar-refractivity contribution in [3.05, 3.63) is 35.6 Å². The van der Waals surface area contributed by atoms with E-state index in [1.54, 1.807) is 0 Å². The molecule has 0 aromatic heterocycles. The van der Waals surface area contributed by atoms with Crippen LogP contribution < -0.4 is 0 Å². The van der Waals surface area contributed by atoms with Crippen molar-refractivity contribution in [1.82, 2.24) is 4.90 Å². The van der Waals surface area contributed by atoms with E-state index in [0.29, 0.717) is 6.04 Å². The molecule has 0 radical (unpaired) electrons. The minimum absolute atomic E-state index is 0.164. The largest absolute Gasteiger partial charge is 0.295 e. The van der Waals surface area contributed by atoms with Crippen LogP contribution >= 0.6 is 15.9 Å². The van der Waals surface area contributed by atoms with Crippen LogP contribution in [-0.2, 0) is 6.54 Å². The highest BCUT2D eigenvalue weighted by atomic mass is 79.9. The number of hydrogen-bond acceptors (Lipinski definition) is 1. The maximum Gasteiger partial charge on any atom is 0.123 e. The molecule has 0 N–H and O–H groups in total. The van der Waals surface area contributed by atoms with Crippen LogP contribution in [0.15, 0.2) is 24.3 Å². The summed E-state index contributed by atoms with van der Waals surface area (Å²) in [5.41, 5.74) is 1.18. The van der Waals surface area contributed by atoms with E-state index in [9.17, 15) is 4.39 Å². The van der Waals surface area contributed by atoms with Gasteiger partial charge in [0.1, 0.15) is 5.82 Å². The van der Waals surface area contributed by atoms with Crippen molar-refractivity contribution in [2.75, 3.05) is 11.9 Å². The normalized spacial score (nSPS) is 11.4. The predicted molar refractivity (Wildman–Crippen MR) is 75.0 cm³/mol. The highest BCUT2D eigenvalue weighted by Gasteiger charge is 2.14. The molecule has 1 aromatic rings. The monoisotopic (exact) mass is 301 g/mol. The molecule has 0 spiro atoms. The van der Waals surface area contributed by atoms with Crippen molar-refractivity contribution >= 4 is 15.9 Å². The lowest BCUT2D eigenvalue weighted by atomic mass is 10.1. The predicted octanol–water partition coefficient (Wildman–Crippen LogP) is 4.21. The molecule has 0 fully saturated rings. The van der Waals surface area contributed by atoms with Crippen LogP contribution in [0, 0.1) is 5.82 Å². The van der Waals surface area contributed by atoms with E-state index in [2.05, 4.69) is 34.7 Å². The van der Waals surface area contributed by atoms with Crippen LogP contribution in [0.5, 0.6) is 0 Å². The summed E-state index contributed by atoms with van der Waals surface area (Å²) in [5, 5.41) is 0.977. The first kappa shape index (κ1) is 14.7. The van der Waals surface area contributed by atoms with Crippen LogP contribution in [0.3, 0.4) is 0 Å². The van der Waals surface area contributed by atoms with Crippen molar-refractivity contribution in [3.63, 3.8) is 0 Å². The van der Waals surface area contributed by atoms with Gasteiger partial charge in [0.15, 0.2) is 0 Å². The summed E-state index contributed by atoms with van der Waals surface area (Å²) >= 11 is 3.50. The average molecular weight is 302 g/mol. The molecule has 0 aliphatic heterocycles. The van der Waals surface area contributed by atoms with Gasteiger partial charge in [-0.1, -0.05) is 41.9 Å². The number of rotatable bonds is 7. The summed E-state index contributed by atoms with van der Waals surface area (Å²) in [5.74, 6) is -0.164. The summed E-state index contributed by atoms with van der Waals surface area (Å²) in [4.78, 5) is 2.46. The molecular formula is C14H21BrFN. The zero-order valence-electron chi connectivity index (χ0n) is 10.6. The zero-order chi connectivity index (χ0) is 12.7. The van der Waals surface area contributed by atoms with Gasteiger partial charge in [-0.05, 0) is 30.5 Å². The van der Waals surface area contributed by atoms with Gasteiger partial charge in [-0.3, -0.25) is 4.90 Å². The molecule has 0 amide bonds. The Balaban J connectivity index is 2.68. The van der Waals surface area contributed by atoms with E-state index in [1.165, 1.54) is 17.7 Å². The van der Waals surface area contributed by atoms with Gasteiger partial charge in [0.05, 0.1) is 0 Å². The van der Waals surface area contributed by atoms with Crippen molar-refractivity contribution in [3.8, 4) is 0 Å². The fourth-order valence-corrected chi connectivity index (χ4v) is 2.58. The molecule has 0 atom stereocenters. The maximum absolute atomic E-state index is 12.8. The van der Waals surface area contributed by atoms with E-state index in [0.717, 1.165) is 31.3 Å². The van der Waals surface area contributed by atoms with Crippen LogP contribution in [0.2, 0.25) is 0 Å². The lowest BCUT2D eigenvalue weighted by molar-refractivity contribution is 0.189. The fourth-order valence-electron chi connectivity index (χ4n) is 2.13.